The molecule has 1 heterocycles. The van der Waals surface area contributed by atoms with E-state index in [1.54, 1.807) is 18.2 Å². The van der Waals surface area contributed by atoms with Crippen LogP contribution in [0.5, 0.6) is 5.75 Å². The first-order valence-electron chi connectivity index (χ1n) is 9.66. The second-order valence-corrected chi connectivity index (χ2v) is 7.07. The number of benzene rings is 2. The summed E-state index contributed by atoms with van der Waals surface area (Å²) in [7, 11) is 0. The van der Waals surface area contributed by atoms with Gasteiger partial charge in [-0.3, -0.25) is 9.59 Å². The van der Waals surface area contributed by atoms with Gasteiger partial charge in [0.1, 0.15) is 5.75 Å². The molecule has 3 rings (SSSR count). The van der Waals surface area contributed by atoms with Crippen LogP contribution in [-0.2, 0) is 11.2 Å². The topological polar surface area (TPSA) is 58.6 Å². The molecule has 1 N–H and O–H groups in total. The van der Waals surface area contributed by atoms with Crippen molar-refractivity contribution in [3.63, 3.8) is 0 Å². The van der Waals surface area contributed by atoms with Crippen molar-refractivity contribution in [1.29, 1.82) is 0 Å². The number of anilines is 1. The van der Waals surface area contributed by atoms with Crippen molar-refractivity contribution in [1.82, 2.24) is 4.90 Å². The monoisotopic (exact) mass is 402 g/mol. The molecule has 0 radical (unpaired) electrons. The normalized spacial score (nSPS) is 13.6. The lowest BCUT2D eigenvalue weighted by Gasteiger charge is -2.19. The molecule has 1 aliphatic heterocycles. The Bertz CT molecular complexity index is 863. The molecule has 1 aliphatic rings. The second kappa shape index (κ2) is 9.49. The van der Waals surface area contributed by atoms with Crippen LogP contribution in [0.2, 0.25) is 0 Å². The van der Waals surface area contributed by atoms with Crippen LogP contribution in [0.15, 0.2) is 42.5 Å². The van der Waals surface area contributed by atoms with E-state index in [0.717, 1.165) is 37.1 Å². The molecule has 154 valence electrons. The van der Waals surface area contributed by atoms with Gasteiger partial charge >= 0.3 is 6.61 Å². The lowest BCUT2D eigenvalue weighted by molar-refractivity contribution is -0.116. The molecule has 2 aromatic carbocycles. The molecular weight excluding hydrogens is 378 g/mol. The van der Waals surface area contributed by atoms with Gasteiger partial charge in [-0.2, -0.15) is 8.78 Å². The van der Waals surface area contributed by atoms with E-state index in [1.165, 1.54) is 12.1 Å². The Morgan fingerprint density at radius 1 is 1.10 bits per heavy atom. The predicted molar refractivity (Wildman–Crippen MR) is 106 cm³/mol. The minimum Gasteiger partial charge on any atom is -0.435 e. The van der Waals surface area contributed by atoms with Crippen molar-refractivity contribution < 1.29 is 23.1 Å². The summed E-state index contributed by atoms with van der Waals surface area (Å²) in [5.41, 5.74) is 2.72. The number of ether oxygens (including phenoxy) is 1. The molecule has 0 saturated carbocycles. The highest BCUT2D eigenvalue weighted by Crippen LogP contribution is 2.24. The van der Waals surface area contributed by atoms with Crippen molar-refractivity contribution in [3.8, 4) is 5.75 Å². The van der Waals surface area contributed by atoms with E-state index in [2.05, 4.69) is 10.1 Å². The van der Waals surface area contributed by atoms with E-state index in [9.17, 15) is 18.4 Å². The lowest BCUT2D eigenvalue weighted by atomic mass is 10.1. The third-order valence-electron chi connectivity index (χ3n) is 4.95. The van der Waals surface area contributed by atoms with Crippen molar-refractivity contribution in [2.24, 2.45) is 0 Å². The maximum atomic E-state index is 12.8. The summed E-state index contributed by atoms with van der Waals surface area (Å²) in [6.07, 6.45) is 2.66. The van der Waals surface area contributed by atoms with E-state index in [0.29, 0.717) is 17.7 Å². The van der Waals surface area contributed by atoms with Crippen LogP contribution in [0.1, 0.15) is 40.7 Å². The van der Waals surface area contributed by atoms with Gasteiger partial charge in [-0.1, -0.05) is 24.3 Å². The predicted octanol–water partition coefficient (Wildman–Crippen LogP) is 4.40. The van der Waals surface area contributed by atoms with Gasteiger partial charge in [0.15, 0.2) is 0 Å². The number of rotatable bonds is 7. The smallest absolute Gasteiger partial charge is 0.387 e. The molecule has 0 spiro atoms. The molecule has 1 saturated heterocycles. The number of amides is 2. The SMILES string of the molecule is Cc1cccc(C(=O)N2CCCC2)c1NC(=O)CCc1ccc(OC(F)F)cc1. The highest BCUT2D eigenvalue weighted by Gasteiger charge is 2.23. The first-order valence-corrected chi connectivity index (χ1v) is 9.66. The number of halogens is 2. The number of hydrogen-bond donors (Lipinski definition) is 1. The number of nitrogens with one attached hydrogen (secondary N) is 1. The molecule has 5 nitrogen and oxygen atoms in total. The van der Waals surface area contributed by atoms with Gasteiger partial charge in [-0.25, -0.2) is 0 Å². The molecule has 0 aliphatic carbocycles. The van der Waals surface area contributed by atoms with E-state index < -0.39 is 6.61 Å². The summed E-state index contributed by atoms with van der Waals surface area (Å²) in [5, 5.41) is 2.88. The fraction of sp³-hybridized carbons (Fsp3) is 0.364. The number of para-hydroxylation sites is 1. The average molecular weight is 402 g/mol. The van der Waals surface area contributed by atoms with E-state index in [4.69, 9.17) is 0 Å². The maximum absolute atomic E-state index is 12.8. The van der Waals surface area contributed by atoms with Crippen molar-refractivity contribution in [3.05, 3.63) is 59.2 Å². The Morgan fingerprint density at radius 2 is 1.79 bits per heavy atom. The zero-order valence-electron chi connectivity index (χ0n) is 16.3. The zero-order valence-corrected chi connectivity index (χ0v) is 16.3. The molecular formula is C22H24F2N2O3. The van der Waals surface area contributed by atoms with Gasteiger partial charge in [0, 0.05) is 19.5 Å². The number of nitrogens with zero attached hydrogens (tertiary/aromatic N) is 1. The lowest BCUT2D eigenvalue weighted by Crippen LogP contribution is -2.29. The van der Waals surface area contributed by atoms with Gasteiger partial charge in [-0.15, -0.1) is 0 Å². The number of aryl methyl sites for hydroxylation is 2. The third-order valence-corrected chi connectivity index (χ3v) is 4.95. The van der Waals surface area contributed by atoms with Crippen molar-refractivity contribution in [2.75, 3.05) is 18.4 Å². The van der Waals surface area contributed by atoms with Crippen LogP contribution in [0.25, 0.3) is 0 Å². The van der Waals surface area contributed by atoms with Crippen molar-refractivity contribution in [2.45, 2.75) is 39.2 Å². The Kier molecular flexibility index (Phi) is 6.80. The molecule has 1 fully saturated rings. The van der Waals surface area contributed by atoms with Crippen LogP contribution < -0.4 is 10.1 Å². The first-order chi connectivity index (χ1) is 13.9. The summed E-state index contributed by atoms with van der Waals surface area (Å²) in [4.78, 5) is 27.1. The Balaban J connectivity index is 1.62. The second-order valence-electron chi connectivity index (χ2n) is 7.07. The largest absolute Gasteiger partial charge is 0.435 e. The summed E-state index contributed by atoms with van der Waals surface area (Å²) in [5.74, 6) is -0.183. The number of likely N-dealkylation sites (tertiary alicyclic amines) is 1. The highest BCUT2D eigenvalue weighted by molar-refractivity contribution is 6.04. The number of carbonyl (C=O) groups excluding carboxylic acids is 2. The van der Waals surface area contributed by atoms with Crippen molar-refractivity contribution >= 4 is 17.5 Å². The fourth-order valence-corrected chi connectivity index (χ4v) is 3.40. The van der Waals surface area contributed by atoms with E-state index in [1.807, 2.05) is 24.0 Å². The standard InChI is InChI=1S/C22H24F2N2O3/c1-15-5-4-6-18(21(28)26-13-2-3-14-26)20(15)25-19(27)12-9-16-7-10-17(11-8-16)29-22(23)24/h4-8,10-11,22H,2-3,9,12-14H2,1H3,(H,25,27). The van der Waals surface area contributed by atoms with Crippen LogP contribution in [0.4, 0.5) is 14.5 Å². The number of carbonyl (C=O) groups is 2. The minimum absolute atomic E-state index is 0.0591. The fourth-order valence-electron chi connectivity index (χ4n) is 3.40. The zero-order chi connectivity index (χ0) is 20.8. The van der Waals surface area contributed by atoms with Gasteiger partial charge in [-0.05, 0) is 55.5 Å². The highest BCUT2D eigenvalue weighted by atomic mass is 19.3. The van der Waals surface area contributed by atoms with Gasteiger partial charge in [0.2, 0.25) is 5.91 Å². The summed E-state index contributed by atoms with van der Waals surface area (Å²) in [6, 6.07) is 11.6. The Morgan fingerprint density at radius 3 is 2.45 bits per heavy atom. The third kappa shape index (κ3) is 5.53. The first kappa shape index (κ1) is 20.8. The van der Waals surface area contributed by atoms with E-state index >= 15 is 0 Å². The molecule has 7 heteroatoms. The molecule has 0 bridgehead atoms. The van der Waals surface area contributed by atoms with Crippen LogP contribution in [0.3, 0.4) is 0 Å². The number of alkyl halides is 2. The van der Waals surface area contributed by atoms with E-state index in [-0.39, 0.29) is 24.0 Å². The molecule has 29 heavy (non-hydrogen) atoms. The molecule has 0 aromatic heterocycles. The maximum Gasteiger partial charge on any atom is 0.387 e. The molecule has 0 unspecified atom stereocenters. The Labute approximate surface area is 168 Å². The summed E-state index contributed by atoms with van der Waals surface area (Å²) < 4.78 is 28.7. The molecule has 0 atom stereocenters. The van der Waals surface area contributed by atoms with Gasteiger partial charge in [0.25, 0.3) is 5.91 Å². The minimum atomic E-state index is -2.86. The Hall–Kier alpha value is -2.96. The number of hydrogen-bond acceptors (Lipinski definition) is 3. The quantitative estimate of drug-likeness (QED) is 0.747. The van der Waals surface area contributed by atoms with Crippen LogP contribution >= 0.6 is 0 Å². The summed E-state index contributed by atoms with van der Waals surface area (Å²) in [6.45, 7) is 0.479. The van der Waals surface area contributed by atoms with Gasteiger partial charge < -0.3 is 15.0 Å². The summed E-state index contributed by atoms with van der Waals surface area (Å²) >= 11 is 0. The average Bonchev–Trinajstić information content (AvgIpc) is 3.23. The molecule has 2 amide bonds. The van der Waals surface area contributed by atoms with Crippen LogP contribution in [0, 0.1) is 6.92 Å². The van der Waals surface area contributed by atoms with Crippen LogP contribution in [-0.4, -0.2) is 36.4 Å². The van der Waals surface area contributed by atoms with Gasteiger partial charge in [0.05, 0.1) is 11.3 Å². The molecule has 2 aromatic rings.